The molecule has 0 aromatic heterocycles. The molecule has 0 atom stereocenters. The van der Waals surface area contributed by atoms with Crippen LogP contribution in [-0.2, 0) is 9.53 Å². The van der Waals surface area contributed by atoms with E-state index < -0.39 is 0 Å². The SMILES string of the molecule is C=C(C)C(=O)OCCOc1ccc(C)c2ccccc12. The second kappa shape index (κ2) is 6.24. The molecule has 0 aliphatic carbocycles. The third kappa shape index (κ3) is 3.18. The molecule has 3 heteroatoms. The number of benzene rings is 2. The highest BCUT2D eigenvalue weighted by Crippen LogP contribution is 2.27. The van der Waals surface area contributed by atoms with Crippen LogP contribution in [0.25, 0.3) is 10.8 Å². The maximum atomic E-state index is 11.2. The molecule has 0 radical (unpaired) electrons. The molecule has 0 spiro atoms. The van der Waals surface area contributed by atoms with Crippen molar-refractivity contribution in [2.45, 2.75) is 13.8 Å². The zero-order chi connectivity index (χ0) is 14.5. The molecule has 3 nitrogen and oxygen atoms in total. The Kier molecular flexibility index (Phi) is 4.41. The first-order chi connectivity index (χ1) is 9.59. The minimum Gasteiger partial charge on any atom is -0.489 e. The van der Waals surface area contributed by atoms with E-state index in [1.807, 2.05) is 30.3 Å². The first-order valence-electron chi connectivity index (χ1n) is 6.53. The van der Waals surface area contributed by atoms with E-state index >= 15 is 0 Å². The van der Waals surface area contributed by atoms with E-state index in [0.717, 1.165) is 11.1 Å². The first-order valence-corrected chi connectivity index (χ1v) is 6.53. The highest BCUT2D eigenvalue weighted by molar-refractivity contribution is 5.90. The van der Waals surface area contributed by atoms with Gasteiger partial charge in [-0.3, -0.25) is 0 Å². The largest absolute Gasteiger partial charge is 0.489 e. The summed E-state index contributed by atoms with van der Waals surface area (Å²) >= 11 is 0. The van der Waals surface area contributed by atoms with E-state index in [4.69, 9.17) is 9.47 Å². The van der Waals surface area contributed by atoms with Crippen molar-refractivity contribution in [3.05, 3.63) is 54.1 Å². The Morgan fingerprint density at radius 2 is 1.80 bits per heavy atom. The summed E-state index contributed by atoms with van der Waals surface area (Å²) in [6, 6.07) is 12.1. The summed E-state index contributed by atoms with van der Waals surface area (Å²) < 4.78 is 10.7. The maximum Gasteiger partial charge on any atom is 0.333 e. The molecule has 0 saturated carbocycles. The Hall–Kier alpha value is -2.29. The minimum absolute atomic E-state index is 0.216. The number of carbonyl (C=O) groups excluding carboxylic acids is 1. The Morgan fingerprint density at radius 1 is 1.10 bits per heavy atom. The highest BCUT2D eigenvalue weighted by atomic mass is 16.6. The van der Waals surface area contributed by atoms with Crippen molar-refractivity contribution >= 4 is 16.7 Å². The third-order valence-corrected chi connectivity index (χ3v) is 3.02. The Balaban J connectivity index is 2.02. The molecule has 104 valence electrons. The molecule has 0 bridgehead atoms. The summed E-state index contributed by atoms with van der Waals surface area (Å²) in [7, 11) is 0. The van der Waals surface area contributed by atoms with Gasteiger partial charge in [-0.2, -0.15) is 0 Å². The summed E-state index contributed by atoms with van der Waals surface area (Å²) in [6.45, 7) is 7.76. The molecule has 0 heterocycles. The van der Waals surface area contributed by atoms with Gasteiger partial charge in [-0.25, -0.2) is 4.79 Å². The molecule has 0 aliphatic heterocycles. The summed E-state index contributed by atoms with van der Waals surface area (Å²) in [6.07, 6.45) is 0. The van der Waals surface area contributed by atoms with Gasteiger partial charge >= 0.3 is 5.97 Å². The van der Waals surface area contributed by atoms with Gasteiger partial charge in [0.25, 0.3) is 0 Å². The quantitative estimate of drug-likeness (QED) is 0.472. The fourth-order valence-electron chi connectivity index (χ4n) is 1.96. The molecule has 0 aliphatic rings. The van der Waals surface area contributed by atoms with E-state index in [9.17, 15) is 4.79 Å². The van der Waals surface area contributed by atoms with Crippen molar-refractivity contribution < 1.29 is 14.3 Å². The zero-order valence-electron chi connectivity index (χ0n) is 11.8. The molecule has 0 amide bonds. The molecule has 2 aromatic rings. The molecule has 0 N–H and O–H groups in total. The molecular formula is C17H18O3. The minimum atomic E-state index is -0.387. The van der Waals surface area contributed by atoms with Crippen LogP contribution in [0, 0.1) is 6.92 Å². The van der Waals surface area contributed by atoms with E-state index in [0.29, 0.717) is 12.2 Å². The van der Waals surface area contributed by atoms with E-state index in [2.05, 4.69) is 19.6 Å². The van der Waals surface area contributed by atoms with E-state index in [1.54, 1.807) is 6.92 Å². The predicted molar refractivity (Wildman–Crippen MR) is 80.0 cm³/mol. The molecular weight excluding hydrogens is 252 g/mol. The van der Waals surface area contributed by atoms with Crippen molar-refractivity contribution in [1.29, 1.82) is 0 Å². The van der Waals surface area contributed by atoms with Gasteiger partial charge in [-0.1, -0.05) is 36.9 Å². The van der Waals surface area contributed by atoms with Gasteiger partial charge in [0.2, 0.25) is 0 Å². The third-order valence-electron chi connectivity index (χ3n) is 3.02. The standard InChI is InChI=1S/C17H18O3/c1-12(2)17(18)20-11-10-19-16-9-8-13(3)14-6-4-5-7-15(14)16/h4-9H,1,10-11H2,2-3H3. The second-order valence-corrected chi connectivity index (χ2v) is 4.69. The van der Waals surface area contributed by atoms with Crippen LogP contribution in [0.3, 0.4) is 0 Å². The van der Waals surface area contributed by atoms with Gasteiger partial charge in [-0.15, -0.1) is 0 Å². The summed E-state index contributed by atoms with van der Waals surface area (Å²) in [5, 5.41) is 2.24. The van der Waals surface area contributed by atoms with Crippen molar-refractivity contribution in [1.82, 2.24) is 0 Å². The van der Waals surface area contributed by atoms with Crippen LogP contribution >= 0.6 is 0 Å². The summed E-state index contributed by atoms with van der Waals surface area (Å²) in [5.74, 6) is 0.417. The number of carbonyl (C=O) groups is 1. The lowest BCUT2D eigenvalue weighted by molar-refractivity contribution is -0.139. The van der Waals surface area contributed by atoms with Gasteiger partial charge in [0.05, 0.1) is 0 Å². The van der Waals surface area contributed by atoms with Crippen molar-refractivity contribution in [2.75, 3.05) is 13.2 Å². The Bertz CT molecular complexity index is 644. The van der Waals surface area contributed by atoms with E-state index in [-0.39, 0.29) is 12.6 Å². The second-order valence-electron chi connectivity index (χ2n) is 4.69. The Morgan fingerprint density at radius 3 is 2.50 bits per heavy atom. The van der Waals surface area contributed by atoms with Crippen LogP contribution in [-0.4, -0.2) is 19.2 Å². The molecule has 0 unspecified atom stereocenters. The number of rotatable bonds is 5. The van der Waals surface area contributed by atoms with E-state index in [1.165, 1.54) is 10.9 Å². The average molecular weight is 270 g/mol. The highest BCUT2D eigenvalue weighted by Gasteiger charge is 2.05. The van der Waals surface area contributed by atoms with Gasteiger partial charge in [0.1, 0.15) is 19.0 Å². The monoisotopic (exact) mass is 270 g/mol. The van der Waals surface area contributed by atoms with Crippen LogP contribution in [0.5, 0.6) is 5.75 Å². The first kappa shape index (κ1) is 14.1. The number of ether oxygens (including phenoxy) is 2. The molecule has 2 rings (SSSR count). The smallest absolute Gasteiger partial charge is 0.333 e. The normalized spacial score (nSPS) is 10.3. The van der Waals surface area contributed by atoms with Crippen LogP contribution in [0.2, 0.25) is 0 Å². The lowest BCUT2D eigenvalue weighted by Gasteiger charge is -2.11. The summed E-state index contributed by atoms with van der Waals surface area (Å²) in [4.78, 5) is 11.2. The van der Waals surface area contributed by atoms with Gasteiger partial charge in [-0.05, 0) is 30.9 Å². The Labute approximate surface area is 118 Å². The lowest BCUT2D eigenvalue weighted by atomic mass is 10.1. The summed E-state index contributed by atoms with van der Waals surface area (Å²) in [5.41, 5.74) is 1.60. The number of hydrogen-bond donors (Lipinski definition) is 0. The lowest BCUT2D eigenvalue weighted by Crippen LogP contribution is -2.12. The van der Waals surface area contributed by atoms with Crippen LogP contribution in [0.4, 0.5) is 0 Å². The van der Waals surface area contributed by atoms with Crippen LogP contribution in [0.15, 0.2) is 48.6 Å². The zero-order valence-corrected chi connectivity index (χ0v) is 11.8. The topological polar surface area (TPSA) is 35.5 Å². The molecule has 20 heavy (non-hydrogen) atoms. The van der Waals surface area contributed by atoms with Crippen molar-refractivity contribution in [3.8, 4) is 5.75 Å². The molecule has 2 aromatic carbocycles. The van der Waals surface area contributed by atoms with Crippen molar-refractivity contribution in [3.63, 3.8) is 0 Å². The number of hydrogen-bond acceptors (Lipinski definition) is 3. The number of aryl methyl sites for hydroxylation is 1. The predicted octanol–water partition coefficient (Wildman–Crippen LogP) is 3.65. The number of fused-ring (bicyclic) bond motifs is 1. The fourth-order valence-corrected chi connectivity index (χ4v) is 1.96. The molecule has 0 fully saturated rings. The van der Waals surface area contributed by atoms with Gasteiger partial charge in [0.15, 0.2) is 0 Å². The molecule has 0 saturated heterocycles. The van der Waals surface area contributed by atoms with Crippen LogP contribution in [0.1, 0.15) is 12.5 Å². The fraction of sp³-hybridized carbons (Fsp3) is 0.235. The van der Waals surface area contributed by atoms with Gasteiger partial charge < -0.3 is 9.47 Å². The van der Waals surface area contributed by atoms with Gasteiger partial charge in [0, 0.05) is 11.0 Å². The number of esters is 1. The average Bonchev–Trinajstić information content (AvgIpc) is 2.45. The van der Waals surface area contributed by atoms with Crippen LogP contribution < -0.4 is 4.74 Å². The maximum absolute atomic E-state index is 11.2. The van der Waals surface area contributed by atoms with Crippen molar-refractivity contribution in [2.24, 2.45) is 0 Å².